The van der Waals surface area contributed by atoms with Gasteiger partial charge in [-0.1, -0.05) is 18.2 Å². The molecule has 4 bridgehead atoms. The highest BCUT2D eigenvalue weighted by atomic mass is 32.2. The van der Waals surface area contributed by atoms with Gasteiger partial charge in [0.15, 0.2) is 0 Å². The fraction of sp³-hybridized carbons (Fsp3) is 0.656. The van der Waals surface area contributed by atoms with Crippen molar-refractivity contribution in [3.63, 3.8) is 0 Å². The lowest BCUT2D eigenvalue weighted by Gasteiger charge is -2.60. The zero-order valence-corrected chi connectivity index (χ0v) is 24.6. The molecule has 5 aliphatic rings. The van der Waals surface area contributed by atoms with Gasteiger partial charge in [-0.05, 0) is 117 Å². The van der Waals surface area contributed by atoms with Gasteiger partial charge >= 0.3 is 0 Å². The highest BCUT2D eigenvalue weighted by Crippen LogP contribution is 2.60. The van der Waals surface area contributed by atoms with E-state index in [-0.39, 0.29) is 0 Å². The van der Waals surface area contributed by atoms with Crippen molar-refractivity contribution in [3.8, 4) is 6.07 Å². The first-order valence-corrected chi connectivity index (χ1v) is 16.5. The molecule has 40 heavy (non-hydrogen) atoms. The number of hydrogen-bond acceptors (Lipinski definition) is 8. The fourth-order valence-corrected chi connectivity index (χ4v) is 9.26. The molecule has 1 unspecified atom stereocenters. The van der Waals surface area contributed by atoms with Crippen LogP contribution in [0.4, 0.5) is 11.8 Å². The summed E-state index contributed by atoms with van der Waals surface area (Å²) < 4.78 is 0. The van der Waals surface area contributed by atoms with Crippen LogP contribution in [0, 0.1) is 46.3 Å². The Hall–Kier alpha value is -2.34. The number of rotatable bonds is 11. The Morgan fingerprint density at radius 3 is 2.52 bits per heavy atom. The van der Waals surface area contributed by atoms with E-state index >= 15 is 0 Å². The van der Waals surface area contributed by atoms with Gasteiger partial charge in [-0.15, -0.1) is 11.8 Å². The van der Waals surface area contributed by atoms with E-state index in [9.17, 15) is 10.4 Å². The predicted molar refractivity (Wildman–Crippen MR) is 161 cm³/mol. The van der Waals surface area contributed by atoms with Crippen LogP contribution >= 0.6 is 11.8 Å². The summed E-state index contributed by atoms with van der Waals surface area (Å²) >= 11 is 1.74. The van der Waals surface area contributed by atoms with Gasteiger partial charge in [-0.25, -0.2) is 4.98 Å². The molecule has 5 saturated carbocycles. The van der Waals surface area contributed by atoms with Gasteiger partial charge in [0.1, 0.15) is 17.5 Å². The largest absolute Gasteiger partial charge is 0.396 e. The van der Waals surface area contributed by atoms with Crippen molar-refractivity contribution in [2.75, 3.05) is 36.6 Å². The molecule has 7 rings (SSSR count). The zero-order valence-electron chi connectivity index (χ0n) is 23.7. The summed E-state index contributed by atoms with van der Waals surface area (Å²) in [6, 6.07) is 11.3. The van der Waals surface area contributed by atoms with Crippen molar-refractivity contribution in [2.45, 2.75) is 75.3 Å². The molecule has 0 amide bonds. The molecular weight excluding hydrogens is 516 g/mol. The quantitative estimate of drug-likeness (QED) is 0.260. The van der Waals surface area contributed by atoms with Crippen LogP contribution in [-0.2, 0) is 6.54 Å². The third-order valence-corrected chi connectivity index (χ3v) is 11.3. The van der Waals surface area contributed by atoms with Crippen molar-refractivity contribution >= 4 is 23.5 Å². The van der Waals surface area contributed by atoms with Crippen molar-refractivity contribution in [3.05, 3.63) is 41.6 Å². The molecule has 5 atom stereocenters. The van der Waals surface area contributed by atoms with Crippen molar-refractivity contribution < 1.29 is 5.11 Å². The van der Waals surface area contributed by atoms with Crippen LogP contribution in [0.5, 0.6) is 0 Å². The molecule has 1 aromatic carbocycles. The van der Waals surface area contributed by atoms with Crippen LogP contribution in [0.1, 0.15) is 68.9 Å². The van der Waals surface area contributed by atoms with Crippen LogP contribution in [0.3, 0.4) is 0 Å². The topological polar surface area (TPSA) is 106 Å². The molecule has 4 N–H and O–H groups in total. The smallest absolute Gasteiger partial charge is 0.224 e. The van der Waals surface area contributed by atoms with E-state index in [1.54, 1.807) is 18.0 Å². The minimum atomic E-state index is 0.302. The number of nitriles is 1. The highest BCUT2D eigenvalue weighted by Gasteiger charge is 2.55. The lowest BCUT2D eigenvalue weighted by atomic mass is 9.48. The summed E-state index contributed by atoms with van der Waals surface area (Å²) in [6.07, 6.45) is 15.2. The van der Waals surface area contributed by atoms with Crippen molar-refractivity contribution in [1.82, 2.24) is 15.3 Å². The van der Waals surface area contributed by atoms with Gasteiger partial charge in [-0.3, -0.25) is 0 Å². The van der Waals surface area contributed by atoms with E-state index in [0.717, 1.165) is 36.8 Å². The lowest BCUT2D eigenvalue weighted by Crippen LogP contribution is -2.60. The second-order valence-electron chi connectivity index (χ2n) is 13.1. The second-order valence-corrected chi connectivity index (χ2v) is 13.9. The first-order chi connectivity index (χ1) is 19.6. The summed E-state index contributed by atoms with van der Waals surface area (Å²) in [5.41, 5.74) is 2.03. The monoisotopic (exact) mass is 560 g/mol. The van der Waals surface area contributed by atoms with Crippen LogP contribution in [0.25, 0.3) is 0 Å². The number of benzene rings is 1. The average molecular weight is 561 g/mol. The molecular formula is C32H44N6OS. The molecule has 0 spiro atoms. The van der Waals surface area contributed by atoms with E-state index in [4.69, 9.17) is 4.98 Å². The molecule has 1 aromatic heterocycles. The molecule has 0 aliphatic heterocycles. The Kier molecular flexibility index (Phi) is 8.53. The summed E-state index contributed by atoms with van der Waals surface area (Å²) in [5.74, 6) is 4.88. The lowest BCUT2D eigenvalue weighted by molar-refractivity contribution is -0.0703. The molecule has 214 valence electrons. The third kappa shape index (κ3) is 5.98. The predicted octanol–water partition coefficient (Wildman–Crippen LogP) is 5.68. The fourth-order valence-electron chi connectivity index (χ4n) is 8.64. The maximum absolute atomic E-state index is 9.76. The minimum absolute atomic E-state index is 0.302. The molecule has 0 radical (unpaired) electrons. The standard InChI is InChI=1S/C32H44N6OS/c1-40-28-5-3-2-4-24(28)17-35-31-36-18-27(15-33)30(38-31)37-20-32-12-23-10-25(13-32)29(26(11-23)14-32)34-16-21-6-8-22(19-39)9-7-21/h2-5,18,21-23,25-26,29,34,39H,6-14,16-17,19-20H2,1H3,(H2,35,36,37,38)/t21-,22-,23?,25-,26+,29-,32-. The first kappa shape index (κ1) is 27.8. The molecule has 2 aromatic rings. The maximum Gasteiger partial charge on any atom is 0.224 e. The van der Waals surface area contributed by atoms with Gasteiger partial charge in [0.05, 0.1) is 6.20 Å². The third-order valence-electron chi connectivity index (χ3n) is 10.4. The van der Waals surface area contributed by atoms with E-state index in [1.165, 1.54) is 68.2 Å². The highest BCUT2D eigenvalue weighted by molar-refractivity contribution is 7.98. The van der Waals surface area contributed by atoms with Crippen molar-refractivity contribution in [2.24, 2.45) is 35.0 Å². The van der Waals surface area contributed by atoms with Crippen LogP contribution < -0.4 is 16.0 Å². The number of aliphatic hydroxyl groups is 1. The van der Waals surface area contributed by atoms with E-state index < -0.39 is 0 Å². The SMILES string of the molecule is CSc1ccccc1CNc1ncc(C#N)c(NC[C@]23CC4C[C@H](C2)[C@@H](NC[C@H]2CC[C@H](CO)CC2)[C@@H](C4)C3)n1. The van der Waals surface area contributed by atoms with E-state index in [2.05, 4.69) is 57.5 Å². The van der Waals surface area contributed by atoms with Gasteiger partial charge in [0, 0.05) is 30.6 Å². The second kappa shape index (κ2) is 12.3. The molecule has 7 nitrogen and oxygen atoms in total. The van der Waals surface area contributed by atoms with Crippen LogP contribution in [-0.4, -0.2) is 47.1 Å². The number of anilines is 2. The van der Waals surface area contributed by atoms with Crippen molar-refractivity contribution in [1.29, 1.82) is 5.26 Å². The number of aromatic nitrogens is 2. The van der Waals surface area contributed by atoms with Gasteiger partial charge < -0.3 is 21.1 Å². The summed E-state index contributed by atoms with van der Waals surface area (Å²) in [6.45, 7) is 3.04. The Morgan fingerprint density at radius 2 is 1.80 bits per heavy atom. The molecule has 5 fully saturated rings. The Bertz CT molecular complexity index is 1190. The van der Waals surface area contributed by atoms with Gasteiger partial charge in [-0.2, -0.15) is 10.2 Å². The molecule has 8 heteroatoms. The maximum atomic E-state index is 9.76. The summed E-state index contributed by atoms with van der Waals surface area (Å²) in [4.78, 5) is 10.4. The Labute approximate surface area is 243 Å². The summed E-state index contributed by atoms with van der Waals surface area (Å²) in [5, 5.41) is 30.3. The number of thioether (sulfide) groups is 1. The van der Waals surface area contributed by atoms with Gasteiger partial charge in [0.25, 0.3) is 0 Å². The number of nitrogens with zero attached hydrogens (tertiary/aromatic N) is 3. The number of hydrogen-bond donors (Lipinski definition) is 4. The zero-order chi connectivity index (χ0) is 27.5. The number of nitrogens with one attached hydrogen (secondary N) is 3. The Balaban J connectivity index is 1.07. The molecule has 0 saturated heterocycles. The van der Waals surface area contributed by atoms with E-state index in [1.807, 2.05) is 0 Å². The Morgan fingerprint density at radius 1 is 1.05 bits per heavy atom. The van der Waals surface area contributed by atoms with Gasteiger partial charge in [0.2, 0.25) is 5.95 Å². The number of aliphatic hydroxyl groups excluding tert-OH is 1. The summed E-state index contributed by atoms with van der Waals surface area (Å²) in [7, 11) is 0. The van der Waals surface area contributed by atoms with Crippen LogP contribution in [0.2, 0.25) is 0 Å². The molecule has 5 aliphatic carbocycles. The van der Waals surface area contributed by atoms with E-state index in [0.29, 0.717) is 47.9 Å². The van der Waals surface area contributed by atoms with Crippen LogP contribution in [0.15, 0.2) is 35.4 Å². The first-order valence-electron chi connectivity index (χ1n) is 15.3. The minimum Gasteiger partial charge on any atom is -0.396 e. The normalized spacial score (nSPS) is 32.5. The average Bonchev–Trinajstić information content (AvgIpc) is 2.99. The molecule has 1 heterocycles.